The monoisotopic (exact) mass is 355 g/mol. The molecule has 2 rings (SSSR count). The third kappa shape index (κ3) is 2.89. The minimum Gasteiger partial charge on any atom is -0.252 e. The highest BCUT2D eigenvalue weighted by Gasteiger charge is 2.21. The van der Waals surface area contributed by atoms with E-state index in [0.29, 0.717) is 4.47 Å². The number of anilines is 1. The predicted octanol–water partition coefficient (Wildman–Crippen LogP) is 1.54. The lowest BCUT2D eigenvalue weighted by Crippen LogP contribution is -2.13. The smallest absolute Gasteiger partial charge is 0.252 e. The average molecular weight is 357 g/mol. The summed E-state index contributed by atoms with van der Waals surface area (Å²) in [7, 11) is -3.84. The van der Waals surface area contributed by atoms with Crippen LogP contribution in [-0.2, 0) is 10.0 Å². The van der Waals surface area contributed by atoms with Gasteiger partial charge in [0, 0.05) is 22.2 Å². The quantitative estimate of drug-likeness (QED) is 0.838. The zero-order valence-corrected chi connectivity index (χ0v) is 11.8. The van der Waals surface area contributed by atoms with E-state index in [1.54, 1.807) is 0 Å². The summed E-state index contributed by atoms with van der Waals surface area (Å²) in [6, 6.07) is 1.34. The van der Waals surface area contributed by atoms with Crippen LogP contribution in [0.1, 0.15) is 0 Å². The summed E-state index contributed by atoms with van der Waals surface area (Å²) in [5.74, 6) is 0. The number of aromatic nitrogens is 4. The van der Waals surface area contributed by atoms with E-state index < -0.39 is 10.0 Å². The molecule has 0 atom stereocenters. The van der Waals surface area contributed by atoms with Crippen LogP contribution in [0.2, 0.25) is 5.15 Å². The van der Waals surface area contributed by atoms with Crippen LogP contribution < -0.4 is 4.72 Å². The van der Waals surface area contributed by atoms with Crippen molar-refractivity contribution in [2.75, 3.05) is 4.72 Å². The predicted molar refractivity (Wildman–Crippen MR) is 65.5 cm³/mol. The van der Waals surface area contributed by atoms with Crippen LogP contribution in [0.5, 0.6) is 0 Å². The highest BCUT2D eigenvalue weighted by atomic mass is 79.9. The van der Waals surface area contributed by atoms with Gasteiger partial charge in [0.15, 0.2) is 0 Å². The maximum atomic E-state index is 11.9. The van der Waals surface area contributed by atoms with Crippen molar-refractivity contribution >= 4 is 54.2 Å². The van der Waals surface area contributed by atoms with E-state index in [0.717, 1.165) is 11.5 Å². The van der Waals surface area contributed by atoms with Gasteiger partial charge in [-0.1, -0.05) is 21.2 Å². The lowest BCUT2D eigenvalue weighted by molar-refractivity contribution is 0.600. The molecule has 2 aromatic heterocycles. The van der Waals surface area contributed by atoms with Gasteiger partial charge in [-0.05, 0) is 27.2 Å². The molecule has 1 N–H and O–H groups in total. The van der Waals surface area contributed by atoms with E-state index >= 15 is 0 Å². The summed E-state index contributed by atoms with van der Waals surface area (Å²) in [5, 5.41) is 6.67. The average Bonchev–Trinajstić information content (AvgIpc) is 2.73. The lowest BCUT2D eigenvalue weighted by atomic mass is 10.5. The fraction of sp³-hybridized carbons (Fsp3) is 0. The molecule has 0 aliphatic heterocycles. The number of nitrogens with zero attached hydrogens (tertiary/aromatic N) is 4. The number of sulfonamides is 1. The molecule has 0 aromatic carbocycles. The molecule has 7 nitrogen and oxygen atoms in total. The lowest BCUT2D eigenvalue weighted by Gasteiger charge is -2.05. The Bertz CT molecular complexity index is 632. The highest BCUT2D eigenvalue weighted by molar-refractivity contribution is 9.10. The standard InChI is InChI=1S/C6H3BrClN5O2S2/c7-3-1-4(5(8)9-2-3)17(14,15)11-6-10-12-13-16-6/h1-2H,(H,10,11,13). The molecule has 0 bridgehead atoms. The SMILES string of the molecule is O=S(=O)(Nc1nnns1)c1cc(Br)cnc1Cl. The van der Waals surface area contributed by atoms with Gasteiger partial charge in [0.25, 0.3) is 10.0 Å². The third-order valence-electron chi connectivity index (χ3n) is 1.58. The molecule has 17 heavy (non-hydrogen) atoms. The van der Waals surface area contributed by atoms with Crippen LogP contribution >= 0.6 is 39.1 Å². The van der Waals surface area contributed by atoms with E-state index in [1.165, 1.54) is 12.3 Å². The van der Waals surface area contributed by atoms with E-state index in [9.17, 15) is 8.42 Å². The highest BCUT2D eigenvalue weighted by Crippen LogP contribution is 2.24. The van der Waals surface area contributed by atoms with Crippen molar-refractivity contribution in [2.45, 2.75) is 4.90 Å². The van der Waals surface area contributed by atoms with Crippen LogP contribution in [0.25, 0.3) is 0 Å². The zero-order valence-electron chi connectivity index (χ0n) is 7.83. The minimum absolute atomic E-state index is 0.0565. The normalized spacial score (nSPS) is 11.4. The maximum Gasteiger partial charge on any atom is 0.266 e. The topological polar surface area (TPSA) is 97.7 Å². The first-order chi connectivity index (χ1) is 7.99. The molecule has 0 amide bonds. The Morgan fingerprint density at radius 3 is 2.88 bits per heavy atom. The molecule has 0 spiro atoms. The molecule has 0 radical (unpaired) electrons. The summed E-state index contributed by atoms with van der Waals surface area (Å²) in [6.45, 7) is 0. The summed E-state index contributed by atoms with van der Waals surface area (Å²) in [5.41, 5.74) is 0. The molecule has 2 heterocycles. The number of rotatable bonds is 3. The van der Waals surface area contributed by atoms with Crippen molar-refractivity contribution in [3.63, 3.8) is 0 Å². The van der Waals surface area contributed by atoms with Crippen molar-refractivity contribution in [1.82, 2.24) is 19.8 Å². The number of hydrogen-bond acceptors (Lipinski definition) is 7. The van der Waals surface area contributed by atoms with E-state index in [4.69, 9.17) is 11.6 Å². The van der Waals surface area contributed by atoms with Gasteiger partial charge in [0.05, 0.1) is 0 Å². The Kier molecular flexibility index (Phi) is 3.56. The molecule has 90 valence electrons. The second kappa shape index (κ2) is 4.80. The second-order valence-corrected chi connectivity index (χ2v) is 6.37. The van der Waals surface area contributed by atoms with Gasteiger partial charge in [0.2, 0.25) is 5.13 Å². The van der Waals surface area contributed by atoms with Crippen LogP contribution in [0.4, 0.5) is 5.13 Å². The van der Waals surface area contributed by atoms with Gasteiger partial charge in [-0.2, -0.15) is 0 Å². The fourth-order valence-electron chi connectivity index (χ4n) is 0.935. The second-order valence-electron chi connectivity index (χ2n) is 2.72. The van der Waals surface area contributed by atoms with E-state index in [1.807, 2.05) is 0 Å². The van der Waals surface area contributed by atoms with Gasteiger partial charge in [0.1, 0.15) is 10.0 Å². The van der Waals surface area contributed by atoms with E-state index in [2.05, 4.69) is 40.4 Å². The number of hydrogen-bond donors (Lipinski definition) is 1. The molecule has 0 saturated heterocycles. The first kappa shape index (κ1) is 12.6. The van der Waals surface area contributed by atoms with Gasteiger partial charge in [-0.15, -0.1) is 0 Å². The van der Waals surface area contributed by atoms with Crippen LogP contribution in [0.3, 0.4) is 0 Å². The fourth-order valence-corrected chi connectivity index (χ4v) is 3.47. The van der Waals surface area contributed by atoms with Crippen molar-refractivity contribution in [3.8, 4) is 0 Å². The number of pyridine rings is 1. The molecule has 0 aliphatic carbocycles. The van der Waals surface area contributed by atoms with Crippen molar-refractivity contribution < 1.29 is 8.42 Å². The Morgan fingerprint density at radius 2 is 2.24 bits per heavy atom. The summed E-state index contributed by atoms with van der Waals surface area (Å²) in [4.78, 5) is 3.58. The third-order valence-corrected chi connectivity index (χ3v) is 4.42. The van der Waals surface area contributed by atoms with Gasteiger partial charge in [-0.25, -0.2) is 13.4 Å². The number of halogens is 2. The molecule has 0 saturated carbocycles. The maximum absolute atomic E-state index is 11.9. The zero-order chi connectivity index (χ0) is 12.5. The molecule has 0 unspecified atom stereocenters. The first-order valence-corrected chi connectivity index (χ1v) is 7.41. The van der Waals surface area contributed by atoms with Crippen LogP contribution in [0.15, 0.2) is 21.6 Å². The Labute approximate surface area is 114 Å². The van der Waals surface area contributed by atoms with E-state index in [-0.39, 0.29) is 15.2 Å². The Morgan fingerprint density at radius 1 is 1.47 bits per heavy atom. The Balaban J connectivity index is 2.41. The summed E-state index contributed by atoms with van der Waals surface area (Å²) < 4.78 is 30.0. The summed E-state index contributed by atoms with van der Waals surface area (Å²) in [6.07, 6.45) is 1.40. The van der Waals surface area contributed by atoms with Crippen LogP contribution in [0, 0.1) is 0 Å². The molecule has 2 aromatic rings. The molecule has 0 aliphatic rings. The molecule has 0 fully saturated rings. The largest absolute Gasteiger partial charge is 0.266 e. The molecular formula is C6H3BrClN5O2S2. The molecular weight excluding hydrogens is 354 g/mol. The van der Waals surface area contributed by atoms with Crippen LogP contribution in [-0.4, -0.2) is 28.2 Å². The molecule has 11 heteroatoms. The number of nitrogens with one attached hydrogen (secondary N) is 1. The Hall–Kier alpha value is -0.840. The minimum atomic E-state index is -3.84. The van der Waals surface area contributed by atoms with Crippen molar-refractivity contribution in [3.05, 3.63) is 21.9 Å². The van der Waals surface area contributed by atoms with Gasteiger partial charge >= 0.3 is 0 Å². The van der Waals surface area contributed by atoms with Gasteiger partial charge < -0.3 is 0 Å². The first-order valence-electron chi connectivity index (χ1n) is 3.98. The summed E-state index contributed by atoms with van der Waals surface area (Å²) >= 11 is 9.65. The van der Waals surface area contributed by atoms with Crippen molar-refractivity contribution in [2.24, 2.45) is 0 Å². The van der Waals surface area contributed by atoms with Crippen molar-refractivity contribution in [1.29, 1.82) is 0 Å². The van der Waals surface area contributed by atoms with Gasteiger partial charge in [-0.3, -0.25) is 4.72 Å².